The van der Waals surface area contributed by atoms with E-state index in [9.17, 15) is 12.8 Å². The summed E-state index contributed by atoms with van der Waals surface area (Å²) in [6, 6.07) is 13.3. The number of sulfonamides is 1. The summed E-state index contributed by atoms with van der Waals surface area (Å²) < 4.78 is 40.6. The van der Waals surface area contributed by atoms with Crippen LogP contribution >= 0.6 is 0 Å². The van der Waals surface area contributed by atoms with Crippen LogP contribution in [0.2, 0.25) is 0 Å². The first-order valence-electron chi connectivity index (χ1n) is 7.73. The van der Waals surface area contributed by atoms with Crippen molar-refractivity contribution in [3.8, 4) is 0 Å². The van der Waals surface area contributed by atoms with Gasteiger partial charge in [0.1, 0.15) is 11.3 Å². The number of halogens is 1. The Kier molecular flexibility index (Phi) is 4.69. The Morgan fingerprint density at radius 1 is 1.12 bits per heavy atom. The summed E-state index contributed by atoms with van der Waals surface area (Å²) >= 11 is 0. The van der Waals surface area contributed by atoms with Crippen molar-refractivity contribution in [1.82, 2.24) is 9.71 Å². The van der Waals surface area contributed by atoms with Gasteiger partial charge >= 0.3 is 0 Å². The maximum Gasteiger partial charge on any atom is 0.240 e. The predicted octanol–water partition coefficient (Wildman–Crippen LogP) is 3.20. The van der Waals surface area contributed by atoms with E-state index in [-0.39, 0.29) is 17.3 Å². The summed E-state index contributed by atoms with van der Waals surface area (Å²) in [5.41, 5.74) is 2.30. The van der Waals surface area contributed by atoms with Crippen LogP contribution in [0.25, 0.3) is 10.9 Å². The second kappa shape index (κ2) is 6.78. The van der Waals surface area contributed by atoms with Crippen molar-refractivity contribution < 1.29 is 12.8 Å². The Morgan fingerprint density at radius 3 is 2.64 bits per heavy atom. The molecule has 0 bridgehead atoms. The third-order valence-corrected chi connectivity index (χ3v) is 5.43. The van der Waals surface area contributed by atoms with Gasteiger partial charge in [-0.2, -0.15) is 0 Å². The number of anilines is 1. The molecule has 0 unspecified atom stereocenters. The van der Waals surface area contributed by atoms with Crippen LogP contribution in [0.4, 0.5) is 10.1 Å². The average molecular weight is 359 g/mol. The Bertz CT molecular complexity index is 1040. The molecule has 0 aliphatic rings. The molecule has 3 rings (SSSR count). The quantitative estimate of drug-likeness (QED) is 0.734. The summed E-state index contributed by atoms with van der Waals surface area (Å²) in [5.74, 6) is -0.387. The van der Waals surface area contributed by atoms with Crippen molar-refractivity contribution in [3.63, 3.8) is 0 Å². The fourth-order valence-electron chi connectivity index (χ4n) is 2.70. The Morgan fingerprint density at radius 2 is 1.88 bits per heavy atom. The van der Waals surface area contributed by atoms with E-state index >= 15 is 0 Å². The van der Waals surface area contributed by atoms with Crippen LogP contribution in [0, 0.1) is 12.7 Å². The Labute approximate surface area is 146 Å². The van der Waals surface area contributed by atoms with Crippen LogP contribution < -0.4 is 10.0 Å². The number of pyridine rings is 1. The van der Waals surface area contributed by atoms with Crippen LogP contribution in [0.3, 0.4) is 0 Å². The molecule has 2 aromatic carbocycles. The van der Waals surface area contributed by atoms with Crippen LogP contribution in [0.5, 0.6) is 0 Å². The molecule has 7 heteroatoms. The molecule has 0 amide bonds. The van der Waals surface area contributed by atoms with Crippen molar-refractivity contribution in [3.05, 3.63) is 65.6 Å². The number of nitrogens with one attached hydrogen (secondary N) is 2. The van der Waals surface area contributed by atoms with E-state index in [4.69, 9.17) is 0 Å². The van der Waals surface area contributed by atoms with E-state index < -0.39 is 10.0 Å². The van der Waals surface area contributed by atoms with Crippen LogP contribution in [0.15, 0.2) is 53.4 Å². The standard InChI is InChI=1S/C18H18FN3O2S/c1-12-10-16(14-7-5-8-15(19)18(14)22-12)21-11-13-6-3-4-9-17(13)25(23,24)20-2/h3-10,20H,11H2,1-2H3,(H,21,22). The van der Waals surface area contributed by atoms with E-state index in [2.05, 4.69) is 15.0 Å². The lowest BCUT2D eigenvalue weighted by atomic mass is 10.1. The molecule has 130 valence electrons. The maximum absolute atomic E-state index is 14.0. The number of para-hydroxylation sites is 1. The number of hydrogen-bond donors (Lipinski definition) is 2. The second-order valence-corrected chi connectivity index (χ2v) is 7.47. The van der Waals surface area contributed by atoms with Gasteiger partial charge in [0, 0.05) is 23.3 Å². The Hall–Kier alpha value is -2.51. The van der Waals surface area contributed by atoms with Crippen LogP contribution in [-0.4, -0.2) is 20.4 Å². The third kappa shape index (κ3) is 3.47. The largest absolute Gasteiger partial charge is 0.380 e. The first-order chi connectivity index (χ1) is 11.9. The van der Waals surface area contributed by atoms with Crippen molar-refractivity contribution in [1.29, 1.82) is 0 Å². The number of hydrogen-bond acceptors (Lipinski definition) is 4. The molecule has 0 spiro atoms. The second-order valence-electron chi connectivity index (χ2n) is 5.62. The van der Waals surface area contributed by atoms with Crippen molar-refractivity contribution in [2.45, 2.75) is 18.4 Å². The van der Waals surface area contributed by atoms with Gasteiger partial charge in [-0.25, -0.2) is 22.5 Å². The molecule has 2 N–H and O–H groups in total. The highest BCUT2D eigenvalue weighted by molar-refractivity contribution is 7.89. The lowest BCUT2D eigenvalue weighted by Gasteiger charge is -2.14. The lowest BCUT2D eigenvalue weighted by molar-refractivity contribution is 0.587. The first kappa shape index (κ1) is 17.3. The summed E-state index contributed by atoms with van der Waals surface area (Å²) in [6.45, 7) is 2.07. The SMILES string of the molecule is CNS(=O)(=O)c1ccccc1CNc1cc(C)nc2c(F)cccc12. The molecule has 0 saturated carbocycles. The number of aryl methyl sites for hydroxylation is 1. The zero-order chi connectivity index (χ0) is 18.0. The van der Waals surface area contributed by atoms with Gasteiger partial charge in [-0.1, -0.05) is 30.3 Å². The van der Waals surface area contributed by atoms with E-state index in [1.807, 2.05) is 6.07 Å². The van der Waals surface area contributed by atoms with Gasteiger partial charge in [-0.3, -0.25) is 0 Å². The number of rotatable bonds is 5. The molecule has 25 heavy (non-hydrogen) atoms. The van der Waals surface area contributed by atoms with Crippen molar-refractivity contribution in [2.24, 2.45) is 0 Å². The molecule has 1 heterocycles. The molecule has 0 radical (unpaired) electrons. The number of nitrogens with zero attached hydrogens (tertiary/aromatic N) is 1. The minimum atomic E-state index is -3.55. The fourth-order valence-corrected chi connectivity index (χ4v) is 3.66. The fraction of sp³-hybridized carbons (Fsp3) is 0.167. The highest BCUT2D eigenvalue weighted by atomic mass is 32.2. The molecular formula is C18H18FN3O2S. The molecule has 5 nitrogen and oxygen atoms in total. The number of benzene rings is 2. The van der Waals surface area contributed by atoms with E-state index in [0.717, 1.165) is 0 Å². The summed E-state index contributed by atoms with van der Waals surface area (Å²) in [7, 11) is -2.18. The molecule has 1 aromatic heterocycles. The highest BCUT2D eigenvalue weighted by Gasteiger charge is 2.16. The molecule has 0 aliphatic carbocycles. The molecule has 3 aromatic rings. The van der Waals surface area contributed by atoms with E-state index in [1.165, 1.54) is 13.1 Å². The first-order valence-corrected chi connectivity index (χ1v) is 9.22. The van der Waals surface area contributed by atoms with Crippen molar-refractivity contribution >= 4 is 26.6 Å². The van der Waals surface area contributed by atoms with Crippen LogP contribution in [0.1, 0.15) is 11.3 Å². The van der Waals surface area contributed by atoms with E-state index in [1.54, 1.807) is 43.3 Å². The molecular weight excluding hydrogens is 341 g/mol. The van der Waals surface area contributed by atoms with E-state index in [0.29, 0.717) is 27.8 Å². The molecule has 0 atom stereocenters. The van der Waals surface area contributed by atoms with Crippen LogP contribution in [-0.2, 0) is 16.6 Å². The van der Waals surface area contributed by atoms with Gasteiger partial charge in [0.25, 0.3) is 0 Å². The minimum Gasteiger partial charge on any atom is -0.380 e. The summed E-state index contributed by atoms with van der Waals surface area (Å²) in [6.07, 6.45) is 0. The topological polar surface area (TPSA) is 71.1 Å². The third-order valence-electron chi connectivity index (χ3n) is 3.92. The lowest BCUT2D eigenvalue weighted by Crippen LogP contribution is -2.20. The minimum absolute atomic E-state index is 0.214. The van der Waals surface area contributed by atoms with Gasteiger partial charge in [0.15, 0.2) is 0 Å². The zero-order valence-corrected chi connectivity index (χ0v) is 14.7. The number of aromatic nitrogens is 1. The maximum atomic E-state index is 14.0. The smallest absolute Gasteiger partial charge is 0.240 e. The predicted molar refractivity (Wildman–Crippen MR) is 96.5 cm³/mol. The van der Waals surface area contributed by atoms with Gasteiger partial charge < -0.3 is 5.32 Å². The van der Waals surface area contributed by atoms with Crippen molar-refractivity contribution in [2.75, 3.05) is 12.4 Å². The highest BCUT2D eigenvalue weighted by Crippen LogP contribution is 2.26. The molecule has 0 aliphatic heterocycles. The summed E-state index contributed by atoms with van der Waals surface area (Å²) in [5, 5.41) is 3.86. The molecule has 0 fully saturated rings. The zero-order valence-electron chi connectivity index (χ0n) is 13.9. The van der Waals surface area contributed by atoms with Gasteiger partial charge in [0.05, 0.1) is 4.90 Å². The normalized spacial score (nSPS) is 11.6. The number of fused-ring (bicyclic) bond motifs is 1. The average Bonchev–Trinajstić information content (AvgIpc) is 2.61. The van der Waals surface area contributed by atoms with Gasteiger partial charge in [0.2, 0.25) is 10.0 Å². The van der Waals surface area contributed by atoms with Gasteiger partial charge in [-0.15, -0.1) is 0 Å². The van der Waals surface area contributed by atoms with Gasteiger partial charge in [-0.05, 0) is 37.7 Å². The summed E-state index contributed by atoms with van der Waals surface area (Å²) in [4.78, 5) is 4.45. The monoisotopic (exact) mass is 359 g/mol. The molecule has 0 saturated heterocycles. The Balaban J connectivity index is 1.99.